The van der Waals surface area contributed by atoms with Crippen LogP contribution in [0, 0.1) is 0 Å². The summed E-state index contributed by atoms with van der Waals surface area (Å²) in [4.78, 5) is 25.3. The Morgan fingerprint density at radius 2 is 0.986 bits per heavy atom. The number of carboxylic acids is 1. The fourth-order valence-electron chi connectivity index (χ4n) is 11.2. The third-order valence-electron chi connectivity index (χ3n) is 16.5. The predicted octanol–water partition coefficient (Wildman–Crippen LogP) is -4.59. The molecule has 20 atom stereocenters. The number of aliphatic hydroxyl groups is 12. The molecule has 438 valence electrons. The average molecular weight is 1110 g/mol. The van der Waals surface area contributed by atoms with Crippen LogP contribution in [0.2, 0.25) is 0 Å². The number of carbonyl (C=O) groups excluding carboxylic acids is 1. The molecule has 4 rings (SSSR count). The zero-order chi connectivity index (χ0) is 59.1. The van der Waals surface area contributed by atoms with Crippen LogP contribution in [0.4, 0.5) is 0 Å². The minimum Gasteiger partial charge on any atom is -0.479 e. The molecule has 4 aliphatic heterocycles. The minimum atomic E-state index is -5.01. The number of aliphatic hydroxyl groups excluding tert-OH is 4. The van der Waals surface area contributed by atoms with E-state index < -0.39 is 163 Å². The highest BCUT2D eigenvalue weighted by Crippen LogP contribution is 2.54. The van der Waals surface area contributed by atoms with Crippen LogP contribution < -0.4 is 0 Å². The molecule has 14 N–H and O–H groups in total. The lowest BCUT2D eigenvalue weighted by atomic mass is 9.68. The van der Waals surface area contributed by atoms with E-state index in [2.05, 4.69) is 4.18 Å². The lowest BCUT2D eigenvalue weighted by Gasteiger charge is -2.64. The first kappa shape index (κ1) is 68.3. The zero-order valence-corrected chi connectivity index (χ0v) is 47.0. The number of likely N-dealkylation sites (N-methyl/N-ethyl adjacent to an activating group) is 2. The van der Waals surface area contributed by atoms with Crippen molar-refractivity contribution in [3.63, 3.8) is 0 Å². The van der Waals surface area contributed by atoms with Gasteiger partial charge in [0, 0.05) is 14.2 Å². The summed E-state index contributed by atoms with van der Waals surface area (Å²) in [7, 11) is 5.64. The van der Waals surface area contributed by atoms with E-state index in [1.165, 1.54) is 83.5 Å². The Kier molecular flexibility index (Phi) is 19.4. The molecule has 74 heavy (non-hydrogen) atoms. The molecule has 29 heteroatoms. The number of ether oxygens (including phenoxy) is 7. The number of hydrogen-bond acceptors (Lipinski definition) is 24. The van der Waals surface area contributed by atoms with Gasteiger partial charge < -0.3 is 104 Å². The summed E-state index contributed by atoms with van der Waals surface area (Å²) in [5.74, 6) is -10.0. The number of rotatable bonds is 12. The smallest absolute Gasteiger partial charge is 0.397 e. The van der Waals surface area contributed by atoms with Crippen LogP contribution in [0.1, 0.15) is 90.0 Å². The lowest BCUT2D eigenvalue weighted by Crippen LogP contribution is -2.86. The first-order chi connectivity index (χ1) is 32.5. The molecule has 0 aromatic carbocycles. The highest BCUT2D eigenvalue weighted by Gasteiger charge is 2.77. The van der Waals surface area contributed by atoms with Crippen molar-refractivity contribution >= 4 is 22.3 Å². The lowest BCUT2D eigenvalue weighted by molar-refractivity contribution is -0.920. The second kappa shape index (κ2) is 21.0. The van der Waals surface area contributed by atoms with Gasteiger partial charge >= 0.3 is 22.3 Å². The van der Waals surface area contributed by atoms with Crippen LogP contribution in [-0.4, -0.2) is 286 Å². The summed E-state index contributed by atoms with van der Waals surface area (Å²) in [6.07, 6.45) is -9.52. The fraction of sp³-hybridized carbons (Fsp3) is 0.956. The van der Waals surface area contributed by atoms with Crippen molar-refractivity contribution in [2.45, 2.75) is 207 Å². The van der Waals surface area contributed by atoms with E-state index in [9.17, 15) is 83.8 Å². The molecule has 0 saturated carbocycles. The molecule has 0 aliphatic carbocycles. The van der Waals surface area contributed by atoms with Gasteiger partial charge in [-0.1, -0.05) is 0 Å². The maximum Gasteiger partial charge on any atom is 0.397 e. The monoisotopic (exact) mass is 1100 g/mol. The van der Waals surface area contributed by atoms with Crippen molar-refractivity contribution in [1.29, 1.82) is 0 Å². The summed E-state index contributed by atoms with van der Waals surface area (Å²) < 4.78 is 75.6. The normalized spacial score (nSPS) is 49.1. The van der Waals surface area contributed by atoms with Crippen molar-refractivity contribution in [3.05, 3.63) is 0 Å². The Hall–Kier alpha value is -1.83. The summed E-state index contributed by atoms with van der Waals surface area (Å²) in [5.41, 5.74) is -16.0. The van der Waals surface area contributed by atoms with Crippen LogP contribution >= 0.6 is 0 Å². The van der Waals surface area contributed by atoms with Crippen molar-refractivity contribution in [3.8, 4) is 0 Å². The van der Waals surface area contributed by atoms with Crippen LogP contribution in [0.3, 0.4) is 0 Å². The van der Waals surface area contributed by atoms with E-state index in [0.29, 0.717) is 0 Å². The Labute approximate surface area is 432 Å². The number of carboxylic acid groups (broad SMARTS) is 1. The standard InChI is InChI=1S/C24H43NO15S.C12H26NO5.C9H18O6/c1-13(26)25(8,9)17-22(5,19(2,30)14(12-37-41(32,33)34)38-23(17,6)36-11)40-24(7)18(29)20(3,31)21(4,35-10)15(39-24)16(27)28;1-10(15)8(7-14)18-12(3,17)9(11(10,2)16)13(4,5)6;1-7(12)5(4-10)15-9(3,14)6(11)8(7,2)13/h14-15,17-18,29-31H,12H2,1-11H3,(H-,27,28,32,33,34);8-9,14-17H,7H2,1-6H3;5-6,10-14H,4H2,1-3H3/q;+1;/p+1. The predicted molar refractivity (Wildman–Crippen MR) is 253 cm³/mol. The van der Waals surface area contributed by atoms with E-state index in [4.69, 9.17) is 38.3 Å². The zero-order valence-electron chi connectivity index (χ0n) is 46.2. The van der Waals surface area contributed by atoms with Gasteiger partial charge in [0.1, 0.15) is 69.7 Å². The molecular weight excluding hydrogens is 1020 g/mol. The molecule has 28 nitrogen and oxygen atoms in total. The molecule has 1 amide bonds. The summed E-state index contributed by atoms with van der Waals surface area (Å²) in [5, 5.41) is 134. The molecule has 4 aliphatic rings. The minimum absolute atomic E-state index is 0.203. The number of nitrogens with zero attached hydrogens (tertiary/aromatic N) is 2. The average Bonchev–Trinajstić information content (AvgIpc) is 3.21. The van der Waals surface area contributed by atoms with Gasteiger partial charge in [-0.25, -0.2) is 13.8 Å². The third kappa shape index (κ3) is 11.6. The van der Waals surface area contributed by atoms with Gasteiger partial charge in [-0.2, -0.15) is 8.42 Å². The van der Waals surface area contributed by atoms with E-state index in [1.807, 2.05) is 0 Å². The quantitative estimate of drug-likeness (QED) is 0.0646. The number of quaternary nitrogens is 2. The van der Waals surface area contributed by atoms with Crippen LogP contribution in [0.5, 0.6) is 0 Å². The molecular formula is C45H88N2O26S+2. The van der Waals surface area contributed by atoms with Crippen molar-refractivity contribution in [1.82, 2.24) is 0 Å². The molecule has 4 heterocycles. The topological polar surface area (TPSA) is 425 Å². The first-order valence-electron chi connectivity index (χ1n) is 23.4. The first-order valence-corrected chi connectivity index (χ1v) is 24.8. The van der Waals surface area contributed by atoms with E-state index >= 15 is 0 Å². The largest absolute Gasteiger partial charge is 0.479 e. The molecule has 4 saturated heterocycles. The summed E-state index contributed by atoms with van der Waals surface area (Å²) >= 11 is 0. The number of methoxy groups -OCH3 is 2. The summed E-state index contributed by atoms with van der Waals surface area (Å²) in [6.45, 7) is 14.4. The van der Waals surface area contributed by atoms with Gasteiger partial charge in [0.05, 0.1) is 62.0 Å². The highest BCUT2D eigenvalue weighted by molar-refractivity contribution is 7.80. The number of amides is 1. The van der Waals surface area contributed by atoms with Crippen molar-refractivity contribution in [2.24, 2.45) is 0 Å². The Morgan fingerprint density at radius 1 is 0.554 bits per heavy atom. The summed E-state index contributed by atoms with van der Waals surface area (Å²) in [6, 6.07) is -2.13. The number of carbonyl (C=O) groups is 2. The van der Waals surface area contributed by atoms with Crippen molar-refractivity contribution in [2.75, 3.05) is 69.3 Å². The van der Waals surface area contributed by atoms with Gasteiger partial charge in [-0.05, 0) is 83.1 Å². The van der Waals surface area contributed by atoms with Crippen LogP contribution in [-0.2, 0) is 57.3 Å². The van der Waals surface area contributed by atoms with Crippen molar-refractivity contribution < 1.29 is 135 Å². The fourth-order valence-corrected chi connectivity index (χ4v) is 11.5. The van der Waals surface area contributed by atoms with Gasteiger partial charge in [0.25, 0.3) is 0 Å². The second-order valence-corrected chi connectivity index (χ2v) is 24.4. The van der Waals surface area contributed by atoms with Crippen LogP contribution in [0.15, 0.2) is 0 Å². The maximum atomic E-state index is 13.0. The molecule has 0 radical (unpaired) electrons. The van der Waals surface area contributed by atoms with Gasteiger partial charge in [-0.15, -0.1) is 0 Å². The molecule has 0 aromatic rings. The van der Waals surface area contributed by atoms with E-state index in [1.54, 1.807) is 21.1 Å². The Morgan fingerprint density at radius 3 is 1.35 bits per heavy atom. The maximum absolute atomic E-state index is 13.0. The SMILES string of the molecule is CC1(O)OC(CO)C(C)(O)C(C)(O)C1O.CC1(O)OC(CO)C(C)(O)C(C)(O)C1[N+](C)(C)C.COC1(C)OC(COS(=O)(=O)O)C(C)(O)C(C)(OC2(C)OC(C(=O)O)C(C)(OC)C(C)(O)C2O)C1[N+](C)(C)C(C)=O. The molecule has 20 unspecified atom stereocenters. The van der Waals surface area contributed by atoms with Gasteiger partial charge in [-0.3, -0.25) is 9.04 Å². The Bertz CT molecular complexity index is 2110. The molecule has 0 aromatic heterocycles. The highest BCUT2D eigenvalue weighted by atomic mass is 32.3. The van der Waals surface area contributed by atoms with E-state index in [-0.39, 0.29) is 4.48 Å². The van der Waals surface area contributed by atoms with Gasteiger partial charge in [0.2, 0.25) is 11.6 Å². The van der Waals surface area contributed by atoms with Gasteiger partial charge in [0.15, 0.2) is 35.4 Å². The second-order valence-electron chi connectivity index (χ2n) is 23.3. The number of aliphatic carboxylic acids is 1. The van der Waals surface area contributed by atoms with E-state index in [0.717, 1.165) is 34.8 Å². The van der Waals surface area contributed by atoms with Crippen LogP contribution in [0.25, 0.3) is 0 Å². The molecule has 4 fully saturated rings. The molecule has 0 bridgehead atoms. The molecule has 0 spiro atoms. The number of hydrogen-bond donors (Lipinski definition) is 14. The third-order valence-corrected chi connectivity index (χ3v) is 16.9. The Balaban J connectivity index is 0.000000462.